The van der Waals surface area contributed by atoms with Gasteiger partial charge in [0.05, 0.1) is 5.02 Å². The van der Waals surface area contributed by atoms with E-state index in [1.165, 1.54) is 50.1 Å². The van der Waals surface area contributed by atoms with Crippen LogP contribution in [0.25, 0.3) is 5.52 Å². The average Bonchev–Trinajstić information content (AvgIpc) is 3.03. The highest BCUT2D eigenvalue weighted by Gasteiger charge is 2.18. The van der Waals surface area contributed by atoms with Gasteiger partial charge in [0.25, 0.3) is 0 Å². The summed E-state index contributed by atoms with van der Waals surface area (Å²) in [4.78, 5) is 4.40. The van der Waals surface area contributed by atoms with Gasteiger partial charge in [-0.2, -0.15) is 5.10 Å². The van der Waals surface area contributed by atoms with Crippen molar-refractivity contribution in [1.82, 2.24) is 14.6 Å². The Balaban J connectivity index is 1.65. The van der Waals surface area contributed by atoms with Crippen LogP contribution in [0.2, 0.25) is 5.02 Å². The topological polar surface area (TPSA) is 42.2 Å². The lowest BCUT2D eigenvalue weighted by molar-refractivity contribution is 0.357. The molecule has 1 aliphatic rings. The second-order valence-corrected chi connectivity index (χ2v) is 7.11. The number of hydrogen-bond acceptors (Lipinski definition) is 3. The van der Waals surface area contributed by atoms with Crippen LogP contribution in [0.4, 0.5) is 15.9 Å². The van der Waals surface area contributed by atoms with Gasteiger partial charge in [0.2, 0.25) is 0 Å². The standard InChI is InChI=1S/C19H20ClFN4/c20-16-11-15(6-7-17(16)21)24-19-18-14(8-9-25(18)23-12-22-19)10-13-4-2-1-3-5-13/h6-9,11-13H,1-5,10H2,(H,22,23,24). The Morgan fingerprint density at radius 1 is 1.20 bits per heavy atom. The third kappa shape index (κ3) is 3.47. The predicted octanol–water partition coefficient (Wildman–Crippen LogP) is 5.39. The number of rotatable bonds is 4. The summed E-state index contributed by atoms with van der Waals surface area (Å²) in [5.41, 5.74) is 2.94. The first-order valence-corrected chi connectivity index (χ1v) is 9.12. The molecule has 0 unspecified atom stereocenters. The normalized spacial score (nSPS) is 15.6. The fourth-order valence-corrected chi connectivity index (χ4v) is 3.87. The lowest BCUT2D eigenvalue weighted by Gasteiger charge is -2.21. The lowest BCUT2D eigenvalue weighted by Crippen LogP contribution is -2.10. The van der Waals surface area contributed by atoms with Gasteiger partial charge < -0.3 is 5.32 Å². The summed E-state index contributed by atoms with van der Waals surface area (Å²) in [6.45, 7) is 0. The molecule has 0 amide bonds. The molecular formula is C19H20ClFN4. The molecule has 1 fully saturated rings. The van der Waals surface area contributed by atoms with Crippen molar-refractivity contribution in [2.45, 2.75) is 38.5 Å². The number of nitrogens with zero attached hydrogens (tertiary/aromatic N) is 3. The number of fused-ring (bicyclic) bond motifs is 1. The van der Waals surface area contributed by atoms with E-state index in [9.17, 15) is 4.39 Å². The van der Waals surface area contributed by atoms with Crippen molar-refractivity contribution < 1.29 is 4.39 Å². The minimum atomic E-state index is -0.430. The number of hydrogen-bond donors (Lipinski definition) is 1. The van der Waals surface area contributed by atoms with Crippen LogP contribution in [0.5, 0.6) is 0 Å². The summed E-state index contributed by atoms with van der Waals surface area (Å²) < 4.78 is 15.2. The van der Waals surface area contributed by atoms with Crippen molar-refractivity contribution in [1.29, 1.82) is 0 Å². The number of anilines is 2. The molecule has 1 aliphatic carbocycles. The summed E-state index contributed by atoms with van der Waals surface area (Å²) in [5.74, 6) is 1.02. The fourth-order valence-electron chi connectivity index (χ4n) is 3.69. The molecule has 0 spiro atoms. The minimum Gasteiger partial charge on any atom is -0.338 e. The van der Waals surface area contributed by atoms with Gasteiger partial charge in [-0.3, -0.25) is 0 Å². The van der Waals surface area contributed by atoms with Gasteiger partial charge >= 0.3 is 0 Å². The predicted molar refractivity (Wildman–Crippen MR) is 98.0 cm³/mol. The van der Waals surface area contributed by atoms with Crippen molar-refractivity contribution in [3.05, 3.63) is 53.2 Å². The Morgan fingerprint density at radius 3 is 2.84 bits per heavy atom. The van der Waals surface area contributed by atoms with E-state index in [0.29, 0.717) is 11.5 Å². The van der Waals surface area contributed by atoms with Crippen LogP contribution in [-0.4, -0.2) is 14.6 Å². The summed E-state index contributed by atoms with van der Waals surface area (Å²) >= 11 is 5.88. The van der Waals surface area contributed by atoms with E-state index in [4.69, 9.17) is 11.6 Å². The minimum absolute atomic E-state index is 0.0906. The second-order valence-electron chi connectivity index (χ2n) is 6.70. The van der Waals surface area contributed by atoms with Gasteiger partial charge in [-0.15, -0.1) is 0 Å². The number of halogens is 2. The summed E-state index contributed by atoms with van der Waals surface area (Å²) in [6.07, 6.45) is 11.1. The largest absolute Gasteiger partial charge is 0.338 e. The maximum absolute atomic E-state index is 13.4. The molecule has 1 aromatic carbocycles. The van der Waals surface area contributed by atoms with Gasteiger partial charge in [-0.1, -0.05) is 43.7 Å². The van der Waals surface area contributed by atoms with Crippen molar-refractivity contribution >= 4 is 28.6 Å². The van der Waals surface area contributed by atoms with Crippen molar-refractivity contribution in [2.75, 3.05) is 5.32 Å². The molecule has 130 valence electrons. The first-order valence-electron chi connectivity index (χ1n) is 8.74. The molecule has 4 nitrogen and oxygen atoms in total. The van der Waals surface area contributed by atoms with Crippen LogP contribution in [0.3, 0.4) is 0 Å². The van der Waals surface area contributed by atoms with Gasteiger partial charge in [0, 0.05) is 11.9 Å². The Morgan fingerprint density at radius 2 is 2.04 bits per heavy atom. The average molecular weight is 359 g/mol. The zero-order valence-corrected chi connectivity index (χ0v) is 14.6. The molecule has 1 N–H and O–H groups in total. The third-order valence-electron chi connectivity index (χ3n) is 4.95. The third-order valence-corrected chi connectivity index (χ3v) is 5.24. The molecule has 0 radical (unpaired) electrons. The first kappa shape index (κ1) is 16.3. The molecule has 2 aromatic heterocycles. The number of nitrogens with one attached hydrogen (secondary N) is 1. The summed E-state index contributed by atoms with van der Waals surface area (Å²) in [5, 5.41) is 7.65. The molecule has 6 heteroatoms. The summed E-state index contributed by atoms with van der Waals surface area (Å²) in [6, 6.07) is 6.70. The lowest BCUT2D eigenvalue weighted by atomic mass is 9.85. The van der Waals surface area contributed by atoms with Gasteiger partial charge in [-0.25, -0.2) is 13.9 Å². The Kier molecular flexibility index (Phi) is 4.57. The van der Waals surface area contributed by atoms with E-state index < -0.39 is 5.82 Å². The smallest absolute Gasteiger partial charge is 0.158 e. The first-order chi connectivity index (χ1) is 12.2. The van der Waals surface area contributed by atoms with Crippen LogP contribution < -0.4 is 5.32 Å². The highest BCUT2D eigenvalue weighted by Crippen LogP contribution is 2.31. The van der Waals surface area contributed by atoms with Gasteiger partial charge in [0.15, 0.2) is 5.82 Å². The van der Waals surface area contributed by atoms with E-state index in [-0.39, 0.29) is 5.02 Å². The van der Waals surface area contributed by atoms with Crippen LogP contribution in [-0.2, 0) is 6.42 Å². The molecule has 0 atom stereocenters. The molecule has 1 saturated carbocycles. The van der Waals surface area contributed by atoms with E-state index in [1.54, 1.807) is 12.1 Å². The van der Waals surface area contributed by atoms with E-state index in [0.717, 1.165) is 17.9 Å². The van der Waals surface area contributed by atoms with Crippen LogP contribution in [0.15, 0.2) is 36.8 Å². The number of benzene rings is 1. The zero-order chi connectivity index (χ0) is 17.2. The van der Waals surface area contributed by atoms with Crippen molar-refractivity contribution in [3.8, 4) is 0 Å². The second kappa shape index (κ2) is 7.00. The maximum atomic E-state index is 13.4. The highest BCUT2D eigenvalue weighted by molar-refractivity contribution is 6.31. The Labute approximate surface area is 151 Å². The number of aromatic nitrogens is 3. The molecule has 4 rings (SSSR count). The van der Waals surface area contributed by atoms with Gasteiger partial charge in [-0.05, 0) is 42.2 Å². The van der Waals surface area contributed by atoms with E-state index >= 15 is 0 Å². The molecule has 2 heterocycles. The SMILES string of the molecule is Fc1ccc(Nc2ncnn3ccc(CC4CCCCC4)c23)cc1Cl. The molecule has 0 aliphatic heterocycles. The van der Waals surface area contributed by atoms with Crippen molar-refractivity contribution in [3.63, 3.8) is 0 Å². The molecule has 0 saturated heterocycles. The maximum Gasteiger partial charge on any atom is 0.158 e. The monoisotopic (exact) mass is 358 g/mol. The summed E-state index contributed by atoms with van der Waals surface area (Å²) in [7, 11) is 0. The zero-order valence-electron chi connectivity index (χ0n) is 13.9. The van der Waals surface area contributed by atoms with E-state index in [2.05, 4.69) is 21.5 Å². The van der Waals surface area contributed by atoms with E-state index in [1.807, 2.05) is 10.7 Å². The van der Waals surface area contributed by atoms with Gasteiger partial charge in [0.1, 0.15) is 17.7 Å². The van der Waals surface area contributed by atoms with Crippen LogP contribution >= 0.6 is 11.6 Å². The molecule has 25 heavy (non-hydrogen) atoms. The van der Waals surface area contributed by atoms with Crippen molar-refractivity contribution in [2.24, 2.45) is 5.92 Å². The quantitative estimate of drug-likeness (QED) is 0.680. The Bertz CT molecular complexity index is 886. The molecule has 0 bridgehead atoms. The van der Waals surface area contributed by atoms with Crippen LogP contribution in [0.1, 0.15) is 37.7 Å². The molecular weight excluding hydrogens is 339 g/mol. The fraction of sp³-hybridized carbons (Fsp3) is 0.368. The van der Waals surface area contributed by atoms with Crippen LogP contribution in [0, 0.1) is 11.7 Å². The molecule has 3 aromatic rings. The highest BCUT2D eigenvalue weighted by atomic mass is 35.5. The Hall–Kier alpha value is -2.14.